The number of hydrogen-bond acceptors (Lipinski definition) is 3. The van der Waals surface area contributed by atoms with Crippen LogP contribution in [0.3, 0.4) is 0 Å². The molecule has 4 nitrogen and oxygen atoms in total. The average molecular weight is 292 g/mol. The van der Waals surface area contributed by atoms with Gasteiger partial charge < -0.3 is 5.32 Å². The average Bonchev–Trinajstić information content (AvgIpc) is 2.81. The fourth-order valence-corrected chi connectivity index (χ4v) is 2.34. The fourth-order valence-electron chi connectivity index (χ4n) is 2.34. The second kappa shape index (κ2) is 6.24. The van der Waals surface area contributed by atoms with Gasteiger partial charge in [-0.15, -0.1) is 0 Å². The number of nitrogens with one attached hydrogen (secondary N) is 1. The fraction of sp³-hybridized carbons (Fsp3) is 0.500. The minimum Gasteiger partial charge on any atom is -0.368 e. The first-order chi connectivity index (χ1) is 9.93. The minimum atomic E-state index is -0.460. The summed E-state index contributed by atoms with van der Waals surface area (Å²) in [5.74, 6) is 0.380. The van der Waals surface area contributed by atoms with Crippen LogP contribution in [0.5, 0.6) is 0 Å². The standard InChI is InChI=1S/C16H23FN4.H2/c1-6-21-15(13(9-18-21)10(2)3)12-7-8-14(19-11(4)5)20-16(12)17;/h7-11H,6H2,1-5H3,(H,19,20);1H. The van der Waals surface area contributed by atoms with E-state index in [1.54, 1.807) is 6.07 Å². The van der Waals surface area contributed by atoms with Crippen LogP contribution in [0.2, 0.25) is 0 Å². The molecule has 2 rings (SSSR count). The van der Waals surface area contributed by atoms with E-state index >= 15 is 0 Å². The zero-order valence-corrected chi connectivity index (χ0v) is 13.3. The van der Waals surface area contributed by atoms with Crippen molar-refractivity contribution < 1.29 is 5.82 Å². The molecule has 0 saturated heterocycles. The molecular weight excluding hydrogens is 267 g/mol. The summed E-state index contributed by atoms with van der Waals surface area (Å²) in [5, 5.41) is 7.46. The van der Waals surface area contributed by atoms with Gasteiger partial charge in [-0.3, -0.25) is 4.68 Å². The van der Waals surface area contributed by atoms with Crippen molar-refractivity contribution in [3.8, 4) is 11.3 Å². The van der Waals surface area contributed by atoms with Gasteiger partial charge >= 0.3 is 0 Å². The van der Waals surface area contributed by atoms with Crippen molar-refractivity contribution in [2.75, 3.05) is 5.32 Å². The SMILES string of the molecule is CCn1ncc(C(C)C)c1-c1ccc(NC(C)C)nc1F.[HH]. The lowest BCUT2D eigenvalue weighted by Gasteiger charge is -2.13. The van der Waals surface area contributed by atoms with E-state index in [2.05, 4.69) is 29.2 Å². The first-order valence-electron chi connectivity index (χ1n) is 7.43. The smallest absolute Gasteiger partial charge is 0.224 e. The largest absolute Gasteiger partial charge is 0.368 e. The Morgan fingerprint density at radius 1 is 1.29 bits per heavy atom. The second-order valence-electron chi connectivity index (χ2n) is 5.75. The number of pyridine rings is 1. The zero-order chi connectivity index (χ0) is 15.6. The predicted molar refractivity (Wildman–Crippen MR) is 86.1 cm³/mol. The van der Waals surface area contributed by atoms with E-state index in [1.165, 1.54) is 0 Å². The molecule has 0 spiro atoms. The molecule has 0 saturated carbocycles. The van der Waals surface area contributed by atoms with E-state index in [0.717, 1.165) is 11.3 Å². The Morgan fingerprint density at radius 2 is 2.00 bits per heavy atom. The molecule has 0 fully saturated rings. The number of anilines is 1. The third-order valence-corrected chi connectivity index (χ3v) is 3.33. The molecular formula is C16H25FN4. The Labute approximate surface area is 126 Å². The van der Waals surface area contributed by atoms with E-state index in [4.69, 9.17) is 0 Å². The summed E-state index contributed by atoms with van der Waals surface area (Å²) in [5.41, 5.74) is 2.38. The van der Waals surface area contributed by atoms with Crippen molar-refractivity contribution in [1.82, 2.24) is 14.8 Å². The topological polar surface area (TPSA) is 42.7 Å². The quantitative estimate of drug-likeness (QED) is 0.836. The van der Waals surface area contributed by atoms with Gasteiger partial charge in [0.2, 0.25) is 5.95 Å². The van der Waals surface area contributed by atoms with Gasteiger partial charge in [0.25, 0.3) is 0 Å². The number of halogens is 1. The lowest BCUT2D eigenvalue weighted by Crippen LogP contribution is -2.12. The number of rotatable bonds is 5. The first kappa shape index (κ1) is 15.5. The maximum atomic E-state index is 14.4. The van der Waals surface area contributed by atoms with Crippen molar-refractivity contribution in [3.05, 3.63) is 29.8 Å². The van der Waals surface area contributed by atoms with Gasteiger partial charge in [0, 0.05) is 19.6 Å². The molecule has 2 heterocycles. The summed E-state index contributed by atoms with van der Waals surface area (Å²) in [7, 11) is 0. The number of aryl methyl sites for hydroxylation is 1. The maximum Gasteiger partial charge on any atom is 0.224 e. The Balaban J connectivity index is 0.00000242. The van der Waals surface area contributed by atoms with E-state index in [9.17, 15) is 4.39 Å². The van der Waals surface area contributed by atoms with Gasteiger partial charge in [-0.1, -0.05) is 13.8 Å². The summed E-state index contributed by atoms with van der Waals surface area (Å²) in [6.07, 6.45) is 1.82. The zero-order valence-electron chi connectivity index (χ0n) is 13.3. The molecule has 0 bridgehead atoms. The molecule has 5 heteroatoms. The molecule has 1 N–H and O–H groups in total. The van der Waals surface area contributed by atoms with Crippen molar-refractivity contribution in [1.29, 1.82) is 0 Å². The first-order valence-corrected chi connectivity index (χ1v) is 7.43. The summed E-state index contributed by atoms with van der Waals surface area (Å²) in [6, 6.07) is 3.81. The third kappa shape index (κ3) is 3.23. The highest BCUT2D eigenvalue weighted by Crippen LogP contribution is 2.31. The van der Waals surface area contributed by atoms with Gasteiger partial charge in [-0.25, -0.2) is 4.98 Å². The Kier molecular flexibility index (Phi) is 4.60. The van der Waals surface area contributed by atoms with Crippen LogP contribution in [0.1, 0.15) is 47.5 Å². The molecule has 116 valence electrons. The predicted octanol–water partition coefficient (Wildman–Crippen LogP) is 4.29. The van der Waals surface area contributed by atoms with Gasteiger partial charge in [0.05, 0.1) is 17.5 Å². The highest BCUT2D eigenvalue weighted by Gasteiger charge is 2.19. The van der Waals surface area contributed by atoms with E-state index in [0.29, 0.717) is 17.9 Å². The summed E-state index contributed by atoms with van der Waals surface area (Å²) in [4.78, 5) is 4.03. The number of nitrogens with zero attached hydrogens (tertiary/aromatic N) is 3. The molecule has 0 aliphatic rings. The van der Waals surface area contributed by atoms with Crippen molar-refractivity contribution in [3.63, 3.8) is 0 Å². The second-order valence-corrected chi connectivity index (χ2v) is 5.75. The van der Waals surface area contributed by atoms with Gasteiger partial charge in [-0.2, -0.15) is 9.49 Å². The molecule has 0 aliphatic heterocycles. The third-order valence-electron chi connectivity index (χ3n) is 3.33. The van der Waals surface area contributed by atoms with Crippen molar-refractivity contribution in [2.24, 2.45) is 0 Å². The summed E-state index contributed by atoms with van der Waals surface area (Å²) in [6.45, 7) is 10.9. The van der Waals surface area contributed by atoms with Gasteiger partial charge in [0.15, 0.2) is 0 Å². The van der Waals surface area contributed by atoms with Gasteiger partial charge in [-0.05, 0) is 38.8 Å². The number of hydrogen-bond donors (Lipinski definition) is 1. The minimum absolute atomic E-state index is 0. The molecule has 2 aromatic rings. The molecule has 0 aliphatic carbocycles. The van der Waals surface area contributed by atoms with Crippen LogP contribution in [0, 0.1) is 5.95 Å². The van der Waals surface area contributed by atoms with Crippen LogP contribution < -0.4 is 5.32 Å². The normalized spacial score (nSPS) is 11.4. The van der Waals surface area contributed by atoms with Crippen LogP contribution in [-0.2, 0) is 6.54 Å². The lowest BCUT2D eigenvalue weighted by atomic mass is 10.0. The Hall–Kier alpha value is -1.91. The maximum absolute atomic E-state index is 14.4. The van der Waals surface area contributed by atoms with E-state index in [1.807, 2.05) is 37.7 Å². The molecule has 0 atom stereocenters. The molecule has 0 unspecified atom stereocenters. The Morgan fingerprint density at radius 3 is 2.52 bits per heavy atom. The molecule has 0 amide bonds. The van der Waals surface area contributed by atoms with Crippen molar-refractivity contribution in [2.45, 2.75) is 53.1 Å². The Bertz CT molecular complexity index is 623. The molecule has 0 radical (unpaired) electrons. The van der Waals surface area contributed by atoms with Crippen LogP contribution in [0.25, 0.3) is 11.3 Å². The van der Waals surface area contributed by atoms with Crippen LogP contribution in [-0.4, -0.2) is 20.8 Å². The summed E-state index contributed by atoms with van der Waals surface area (Å²) >= 11 is 0. The van der Waals surface area contributed by atoms with Gasteiger partial charge in [0.1, 0.15) is 5.82 Å². The van der Waals surface area contributed by atoms with Crippen LogP contribution >= 0.6 is 0 Å². The molecule has 0 aromatic carbocycles. The highest BCUT2D eigenvalue weighted by atomic mass is 19.1. The van der Waals surface area contributed by atoms with E-state index < -0.39 is 5.95 Å². The highest BCUT2D eigenvalue weighted by molar-refractivity contribution is 5.65. The monoisotopic (exact) mass is 292 g/mol. The molecule has 2 aromatic heterocycles. The lowest BCUT2D eigenvalue weighted by molar-refractivity contribution is 0.582. The van der Waals surface area contributed by atoms with E-state index in [-0.39, 0.29) is 13.4 Å². The molecule has 21 heavy (non-hydrogen) atoms. The summed E-state index contributed by atoms with van der Waals surface area (Å²) < 4.78 is 16.3. The number of aromatic nitrogens is 3. The van der Waals surface area contributed by atoms with Crippen molar-refractivity contribution >= 4 is 5.82 Å². The van der Waals surface area contributed by atoms with Crippen LogP contribution in [0.4, 0.5) is 10.2 Å². The van der Waals surface area contributed by atoms with Crippen LogP contribution in [0.15, 0.2) is 18.3 Å².